The van der Waals surface area contributed by atoms with Crippen molar-refractivity contribution >= 4 is 0 Å². The molecule has 0 aromatic rings. The van der Waals surface area contributed by atoms with Gasteiger partial charge in [-0.1, -0.05) is 20.3 Å². The zero-order chi connectivity index (χ0) is 12.1. The first-order valence-corrected chi connectivity index (χ1v) is 7.47. The van der Waals surface area contributed by atoms with Crippen LogP contribution in [0.5, 0.6) is 0 Å². The first-order chi connectivity index (χ1) is 8.06. The molecule has 2 heteroatoms. The number of aliphatic hydroxyl groups is 1. The monoisotopic (exact) mass is 237 g/mol. The Bertz CT molecular complexity index is 295. The second-order valence-corrected chi connectivity index (χ2v) is 7.20. The molecule has 1 saturated heterocycles. The molecular weight excluding hydrogens is 210 g/mol. The molecule has 3 unspecified atom stereocenters. The Hall–Kier alpha value is -0.0800. The van der Waals surface area contributed by atoms with Crippen LogP contribution in [-0.2, 0) is 0 Å². The Labute approximate surface area is 105 Å². The van der Waals surface area contributed by atoms with Gasteiger partial charge in [-0.25, -0.2) is 0 Å². The van der Waals surface area contributed by atoms with E-state index in [1.54, 1.807) is 0 Å². The molecule has 0 radical (unpaired) electrons. The van der Waals surface area contributed by atoms with Gasteiger partial charge >= 0.3 is 0 Å². The molecule has 17 heavy (non-hydrogen) atoms. The van der Waals surface area contributed by atoms with Crippen LogP contribution in [0.2, 0.25) is 0 Å². The lowest BCUT2D eigenvalue weighted by molar-refractivity contribution is -0.0333. The summed E-state index contributed by atoms with van der Waals surface area (Å²) < 4.78 is 0. The minimum Gasteiger partial charge on any atom is -0.392 e. The predicted molar refractivity (Wildman–Crippen MR) is 69.9 cm³/mol. The van der Waals surface area contributed by atoms with E-state index in [2.05, 4.69) is 18.7 Å². The van der Waals surface area contributed by atoms with E-state index in [-0.39, 0.29) is 11.5 Å². The number of hydrogen-bond donors (Lipinski definition) is 1. The highest BCUT2D eigenvalue weighted by Gasteiger charge is 2.63. The van der Waals surface area contributed by atoms with Crippen molar-refractivity contribution in [3.05, 3.63) is 0 Å². The van der Waals surface area contributed by atoms with Gasteiger partial charge in [-0.15, -0.1) is 0 Å². The molecule has 0 aromatic heterocycles. The summed E-state index contributed by atoms with van der Waals surface area (Å²) in [4.78, 5) is 2.63. The third-order valence-corrected chi connectivity index (χ3v) is 6.34. The van der Waals surface area contributed by atoms with Crippen LogP contribution in [0.15, 0.2) is 0 Å². The second-order valence-electron chi connectivity index (χ2n) is 7.20. The highest BCUT2D eigenvalue weighted by molar-refractivity contribution is 5.13. The quantitative estimate of drug-likeness (QED) is 0.798. The summed E-state index contributed by atoms with van der Waals surface area (Å²) in [6.45, 7) is 8.48. The Kier molecular flexibility index (Phi) is 2.79. The van der Waals surface area contributed by atoms with E-state index in [1.807, 2.05) is 0 Å². The van der Waals surface area contributed by atoms with E-state index in [4.69, 9.17) is 0 Å². The first kappa shape index (κ1) is 12.0. The highest BCUT2D eigenvalue weighted by Crippen LogP contribution is 2.65. The fourth-order valence-corrected chi connectivity index (χ4v) is 4.93. The summed E-state index contributed by atoms with van der Waals surface area (Å²) >= 11 is 0. The Balaban J connectivity index is 1.79. The van der Waals surface area contributed by atoms with Crippen LogP contribution < -0.4 is 0 Å². The average molecular weight is 237 g/mol. The molecule has 1 heterocycles. The minimum atomic E-state index is -0.0434. The third-order valence-electron chi connectivity index (χ3n) is 6.34. The number of likely N-dealkylation sites (tertiary alicyclic amines) is 1. The Morgan fingerprint density at radius 3 is 2.41 bits per heavy atom. The number of aliphatic hydroxyl groups excluding tert-OH is 1. The van der Waals surface area contributed by atoms with Gasteiger partial charge in [0.15, 0.2) is 0 Å². The van der Waals surface area contributed by atoms with Gasteiger partial charge < -0.3 is 10.0 Å². The van der Waals surface area contributed by atoms with Crippen LogP contribution in [-0.4, -0.2) is 35.7 Å². The first-order valence-electron chi connectivity index (χ1n) is 7.47. The van der Waals surface area contributed by atoms with E-state index in [0.29, 0.717) is 5.41 Å². The number of hydrogen-bond acceptors (Lipinski definition) is 2. The topological polar surface area (TPSA) is 23.5 Å². The summed E-state index contributed by atoms with van der Waals surface area (Å²) in [5.41, 5.74) is 0.554. The van der Waals surface area contributed by atoms with Crippen molar-refractivity contribution < 1.29 is 5.11 Å². The molecule has 3 aliphatic rings. The molecule has 2 bridgehead atoms. The van der Waals surface area contributed by atoms with Crippen molar-refractivity contribution in [2.24, 2.45) is 16.7 Å². The van der Waals surface area contributed by atoms with E-state index in [1.165, 1.54) is 45.2 Å². The zero-order valence-electron chi connectivity index (χ0n) is 11.4. The second kappa shape index (κ2) is 3.96. The van der Waals surface area contributed by atoms with Crippen LogP contribution in [0.3, 0.4) is 0 Å². The summed E-state index contributed by atoms with van der Waals surface area (Å²) in [7, 11) is 0. The summed E-state index contributed by atoms with van der Waals surface area (Å²) in [5.74, 6) is 0.766. The molecule has 98 valence electrons. The van der Waals surface area contributed by atoms with E-state index < -0.39 is 0 Å². The number of nitrogens with zero attached hydrogens (tertiary/aromatic N) is 1. The molecule has 0 amide bonds. The van der Waals surface area contributed by atoms with Crippen LogP contribution >= 0.6 is 0 Å². The molecule has 3 atom stereocenters. The van der Waals surface area contributed by atoms with Crippen LogP contribution in [0.1, 0.15) is 52.4 Å². The molecule has 2 nitrogen and oxygen atoms in total. The SMILES string of the molecule is CC1(C)C2CCC1(CN1CCCCC1)C(O)C2. The fourth-order valence-electron chi connectivity index (χ4n) is 4.93. The Morgan fingerprint density at radius 1 is 1.18 bits per heavy atom. The van der Waals surface area contributed by atoms with Crippen molar-refractivity contribution in [1.29, 1.82) is 0 Å². The molecular formula is C15H27NO. The van der Waals surface area contributed by atoms with Crippen LogP contribution in [0, 0.1) is 16.7 Å². The van der Waals surface area contributed by atoms with Crippen molar-refractivity contribution in [3.8, 4) is 0 Å². The summed E-state index contributed by atoms with van der Waals surface area (Å²) in [5, 5.41) is 10.5. The smallest absolute Gasteiger partial charge is 0.0616 e. The zero-order valence-corrected chi connectivity index (χ0v) is 11.4. The number of fused-ring (bicyclic) bond motifs is 2. The van der Waals surface area contributed by atoms with Crippen molar-refractivity contribution in [2.45, 2.75) is 58.5 Å². The highest BCUT2D eigenvalue weighted by atomic mass is 16.3. The van der Waals surface area contributed by atoms with Gasteiger partial charge in [0.2, 0.25) is 0 Å². The van der Waals surface area contributed by atoms with Crippen molar-refractivity contribution in [1.82, 2.24) is 4.90 Å². The standard InChI is InChI=1S/C15H27NO/c1-14(2)12-6-7-15(14,13(17)10-12)11-16-8-4-3-5-9-16/h12-13,17H,3-11H2,1-2H3. The molecule has 0 aromatic carbocycles. The molecule has 0 spiro atoms. The molecule has 2 saturated carbocycles. The van der Waals surface area contributed by atoms with Gasteiger partial charge in [0.1, 0.15) is 0 Å². The van der Waals surface area contributed by atoms with E-state index in [0.717, 1.165) is 18.9 Å². The minimum absolute atomic E-state index is 0.0434. The summed E-state index contributed by atoms with van der Waals surface area (Å²) in [6, 6.07) is 0. The lowest BCUT2D eigenvalue weighted by Crippen LogP contribution is -2.49. The van der Waals surface area contributed by atoms with Crippen molar-refractivity contribution in [3.63, 3.8) is 0 Å². The van der Waals surface area contributed by atoms with Gasteiger partial charge in [-0.3, -0.25) is 0 Å². The third kappa shape index (κ3) is 1.60. The summed E-state index contributed by atoms with van der Waals surface area (Å²) in [6.07, 6.45) is 7.73. The van der Waals surface area contributed by atoms with Crippen LogP contribution in [0.25, 0.3) is 0 Å². The maximum atomic E-state index is 10.5. The lowest BCUT2D eigenvalue weighted by atomic mass is 9.68. The van der Waals surface area contributed by atoms with Gasteiger partial charge in [-0.05, 0) is 56.5 Å². The average Bonchev–Trinajstić information content (AvgIpc) is 2.64. The number of rotatable bonds is 2. The van der Waals surface area contributed by atoms with Gasteiger partial charge in [0.25, 0.3) is 0 Å². The van der Waals surface area contributed by atoms with E-state index >= 15 is 0 Å². The maximum Gasteiger partial charge on any atom is 0.0616 e. The number of piperidine rings is 1. The van der Waals surface area contributed by atoms with Crippen LogP contribution in [0.4, 0.5) is 0 Å². The van der Waals surface area contributed by atoms with E-state index in [9.17, 15) is 5.11 Å². The lowest BCUT2D eigenvalue weighted by Gasteiger charge is -2.45. The van der Waals surface area contributed by atoms with Gasteiger partial charge in [-0.2, -0.15) is 0 Å². The van der Waals surface area contributed by atoms with Crippen molar-refractivity contribution in [2.75, 3.05) is 19.6 Å². The van der Waals surface area contributed by atoms with Gasteiger partial charge in [0.05, 0.1) is 6.10 Å². The Morgan fingerprint density at radius 2 is 1.88 bits per heavy atom. The normalized spacial score (nSPS) is 45.4. The molecule has 3 rings (SSSR count). The molecule has 1 aliphatic heterocycles. The molecule has 3 fully saturated rings. The largest absolute Gasteiger partial charge is 0.392 e. The maximum absolute atomic E-state index is 10.5. The molecule has 2 aliphatic carbocycles. The fraction of sp³-hybridized carbons (Fsp3) is 1.00. The molecule has 1 N–H and O–H groups in total. The predicted octanol–water partition coefficient (Wildman–Crippen LogP) is 2.66. The van der Waals surface area contributed by atoms with Gasteiger partial charge in [0, 0.05) is 12.0 Å².